The molecule has 1 aromatic carbocycles. The van der Waals surface area contributed by atoms with Crippen molar-refractivity contribution < 1.29 is 13.2 Å². The number of alkyl halides is 3. The van der Waals surface area contributed by atoms with E-state index in [4.69, 9.17) is 0 Å². The molecule has 0 amide bonds. The van der Waals surface area contributed by atoms with E-state index in [1.165, 1.54) is 12.1 Å². The standard InChI is InChI=1S/C13H18F3N3.HI/c1-3-8-18-12(17-2)19-9-10-4-6-11(7-5-10)13(14,15)16;/h4-7H,3,8-9H2,1-2H3,(H2,17,18,19);1H. The molecule has 1 aromatic rings. The Labute approximate surface area is 134 Å². The third kappa shape index (κ3) is 6.44. The van der Waals surface area contributed by atoms with E-state index in [0.717, 1.165) is 30.7 Å². The maximum absolute atomic E-state index is 12.4. The first-order chi connectivity index (χ1) is 8.97. The summed E-state index contributed by atoms with van der Waals surface area (Å²) >= 11 is 0. The second kappa shape index (κ2) is 9.04. The van der Waals surface area contributed by atoms with Crippen molar-refractivity contribution in [2.45, 2.75) is 26.1 Å². The minimum absolute atomic E-state index is 0. The number of halogens is 4. The molecule has 3 nitrogen and oxygen atoms in total. The van der Waals surface area contributed by atoms with Gasteiger partial charge in [0.25, 0.3) is 0 Å². The van der Waals surface area contributed by atoms with E-state index in [-0.39, 0.29) is 24.0 Å². The summed E-state index contributed by atoms with van der Waals surface area (Å²) in [5.74, 6) is 0.641. The zero-order valence-electron chi connectivity index (χ0n) is 11.4. The number of benzene rings is 1. The molecular weight excluding hydrogens is 382 g/mol. The Morgan fingerprint density at radius 1 is 1.15 bits per heavy atom. The molecule has 0 fully saturated rings. The van der Waals surface area contributed by atoms with Crippen LogP contribution in [0.2, 0.25) is 0 Å². The van der Waals surface area contributed by atoms with Gasteiger partial charge >= 0.3 is 6.18 Å². The van der Waals surface area contributed by atoms with Gasteiger partial charge in [-0.1, -0.05) is 19.1 Å². The normalized spacial score (nSPS) is 11.8. The summed E-state index contributed by atoms with van der Waals surface area (Å²) in [6.07, 6.45) is -3.31. The van der Waals surface area contributed by atoms with Crippen molar-refractivity contribution in [2.24, 2.45) is 4.99 Å². The van der Waals surface area contributed by atoms with E-state index in [1.54, 1.807) is 7.05 Å². The number of nitrogens with one attached hydrogen (secondary N) is 2. The summed E-state index contributed by atoms with van der Waals surface area (Å²) in [7, 11) is 1.65. The summed E-state index contributed by atoms with van der Waals surface area (Å²) < 4.78 is 37.1. The van der Waals surface area contributed by atoms with Crippen LogP contribution in [-0.2, 0) is 12.7 Å². The predicted octanol–water partition coefficient (Wildman–Crippen LogP) is 3.40. The van der Waals surface area contributed by atoms with E-state index in [1.807, 2.05) is 6.92 Å². The first-order valence-electron chi connectivity index (χ1n) is 6.08. The molecular formula is C13H19F3IN3. The molecule has 0 heterocycles. The number of nitrogens with zero attached hydrogens (tertiary/aromatic N) is 1. The van der Waals surface area contributed by atoms with Crippen molar-refractivity contribution >= 4 is 29.9 Å². The van der Waals surface area contributed by atoms with E-state index >= 15 is 0 Å². The Hall–Kier alpha value is -0.990. The van der Waals surface area contributed by atoms with Gasteiger partial charge in [0, 0.05) is 20.1 Å². The summed E-state index contributed by atoms with van der Waals surface area (Å²) in [6.45, 7) is 3.27. The van der Waals surface area contributed by atoms with E-state index in [0.29, 0.717) is 12.5 Å². The third-order valence-corrected chi connectivity index (χ3v) is 2.51. The highest BCUT2D eigenvalue weighted by atomic mass is 127. The number of hydrogen-bond donors (Lipinski definition) is 2. The van der Waals surface area contributed by atoms with E-state index in [9.17, 15) is 13.2 Å². The maximum Gasteiger partial charge on any atom is 0.416 e. The van der Waals surface area contributed by atoms with Gasteiger partial charge in [0.05, 0.1) is 5.56 Å². The van der Waals surface area contributed by atoms with Gasteiger partial charge in [-0.05, 0) is 24.1 Å². The highest BCUT2D eigenvalue weighted by molar-refractivity contribution is 14.0. The molecule has 0 aromatic heterocycles. The van der Waals surface area contributed by atoms with Gasteiger partial charge in [0.15, 0.2) is 5.96 Å². The van der Waals surface area contributed by atoms with Crippen molar-refractivity contribution in [1.82, 2.24) is 10.6 Å². The van der Waals surface area contributed by atoms with Crippen LogP contribution in [0.3, 0.4) is 0 Å². The molecule has 20 heavy (non-hydrogen) atoms. The van der Waals surface area contributed by atoms with Crippen LogP contribution in [0.1, 0.15) is 24.5 Å². The van der Waals surface area contributed by atoms with Gasteiger partial charge in [0.1, 0.15) is 0 Å². The molecule has 0 spiro atoms. The fourth-order valence-electron chi connectivity index (χ4n) is 1.46. The van der Waals surface area contributed by atoms with Crippen LogP contribution in [0.4, 0.5) is 13.2 Å². The fourth-order valence-corrected chi connectivity index (χ4v) is 1.46. The van der Waals surface area contributed by atoms with Gasteiger partial charge in [-0.3, -0.25) is 4.99 Å². The van der Waals surface area contributed by atoms with Crippen LogP contribution in [-0.4, -0.2) is 19.6 Å². The average molecular weight is 401 g/mol. The van der Waals surface area contributed by atoms with E-state index < -0.39 is 11.7 Å². The van der Waals surface area contributed by atoms with Gasteiger partial charge < -0.3 is 10.6 Å². The summed E-state index contributed by atoms with van der Waals surface area (Å²) in [5.41, 5.74) is 0.136. The van der Waals surface area contributed by atoms with Gasteiger partial charge in [-0.25, -0.2) is 0 Å². The topological polar surface area (TPSA) is 36.4 Å². The lowest BCUT2D eigenvalue weighted by molar-refractivity contribution is -0.137. The van der Waals surface area contributed by atoms with Crippen LogP contribution < -0.4 is 10.6 Å². The van der Waals surface area contributed by atoms with Crippen LogP contribution in [0.15, 0.2) is 29.3 Å². The molecule has 0 saturated heterocycles. The first-order valence-corrected chi connectivity index (χ1v) is 6.08. The van der Waals surface area contributed by atoms with Crippen molar-refractivity contribution in [3.05, 3.63) is 35.4 Å². The van der Waals surface area contributed by atoms with Crippen LogP contribution in [0.5, 0.6) is 0 Å². The molecule has 0 aliphatic rings. The van der Waals surface area contributed by atoms with Crippen molar-refractivity contribution in [3.8, 4) is 0 Å². The Balaban J connectivity index is 0.00000361. The third-order valence-electron chi connectivity index (χ3n) is 2.51. The van der Waals surface area contributed by atoms with Gasteiger partial charge in [-0.15, -0.1) is 24.0 Å². The number of aliphatic imine (C=N–C) groups is 1. The summed E-state index contributed by atoms with van der Waals surface area (Å²) in [5, 5.41) is 6.12. The Bertz CT molecular complexity index is 416. The quantitative estimate of drug-likeness (QED) is 0.461. The minimum atomic E-state index is -4.29. The second-order valence-electron chi connectivity index (χ2n) is 4.05. The molecule has 0 bridgehead atoms. The Morgan fingerprint density at radius 3 is 2.20 bits per heavy atom. The highest BCUT2D eigenvalue weighted by Crippen LogP contribution is 2.28. The molecule has 0 saturated carbocycles. The highest BCUT2D eigenvalue weighted by Gasteiger charge is 2.29. The van der Waals surface area contributed by atoms with Crippen LogP contribution in [0, 0.1) is 0 Å². The Morgan fingerprint density at radius 2 is 1.75 bits per heavy atom. The summed E-state index contributed by atoms with van der Waals surface area (Å²) in [4.78, 5) is 4.01. The number of guanidine groups is 1. The molecule has 0 unspecified atom stereocenters. The lowest BCUT2D eigenvalue weighted by Crippen LogP contribution is -2.37. The van der Waals surface area contributed by atoms with Crippen molar-refractivity contribution in [2.75, 3.05) is 13.6 Å². The molecule has 0 radical (unpaired) electrons. The molecule has 1 rings (SSSR count). The van der Waals surface area contributed by atoms with E-state index in [2.05, 4.69) is 15.6 Å². The lowest BCUT2D eigenvalue weighted by atomic mass is 10.1. The van der Waals surface area contributed by atoms with Crippen molar-refractivity contribution in [1.29, 1.82) is 0 Å². The fraction of sp³-hybridized carbons (Fsp3) is 0.462. The molecule has 0 aliphatic heterocycles. The number of rotatable bonds is 4. The largest absolute Gasteiger partial charge is 0.416 e. The first kappa shape index (κ1) is 19.0. The van der Waals surface area contributed by atoms with Crippen LogP contribution >= 0.6 is 24.0 Å². The number of hydrogen-bond acceptors (Lipinski definition) is 1. The maximum atomic E-state index is 12.4. The van der Waals surface area contributed by atoms with Gasteiger partial charge in [-0.2, -0.15) is 13.2 Å². The lowest BCUT2D eigenvalue weighted by Gasteiger charge is -2.12. The molecule has 2 N–H and O–H groups in total. The smallest absolute Gasteiger partial charge is 0.356 e. The zero-order valence-corrected chi connectivity index (χ0v) is 13.8. The van der Waals surface area contributed by atoms with Gasteiger partial charge in [0.2, 0.25) is 0 Å². The van der Waals surface area contributed by atoms with Crippen LogP contribution in [0.25, 0.3) is 0 Å². The van der Waals surface area contributed by atoms with Crippen molar-refractivity contribution in [3.63, 3.8) is 0 Å². The minimum Gasteiger partial charge on any atom is -0.356 e. The Kier molecular flexibility index (Phi) is 8.59. The zero-order chi connectivity index (χ0) is 14.3. The molecule has 7 heteroatoms. The molecule has 0 atom stereocenters. The molecule has 114 valence electrons. The summed E-state index contributed by atoms with van der Waals surface area (Å²) in [6, 6.07) is 5.09. The average Bonchev–Trinajstić information content (AvgIpc) is 2.38. The molecule has 0 aliphatic carbocycles. The predicted molar refractivity (Wildman–Crippen MR) is 85.4 cm³/mol. The monoisotopic (exact) mass is 401 g/mol. The second-order valence-corrected chi connectivity index (χ2v) is 4.05. The SMILES string of the molecule is CCCNC(=NC)NCc1ccc(C(F)(F)F)cc1.I.